The third-order valence-electron chi connectivity index (χ3n) is 5.32. The lowest BCUT2D eigenvalue weighted by molar-refractivity contribution is -0.153. The van der Waals surface area contributed by atoms with Gasteiger partial charge in [-0.05, 0) is 70.0 Å². The number of rotatable bonds is 8. The molecule has 0 unspecified atom stereocenters. The highest BCUT2D eigenvalue weighted by molar-refractivity contribution is 7.95. The molecular formula is C27H32O2P+. The van der Waals surface area contributed by atoms with Gasteiger partial charge >= 0.3 is 5.97 Å². The molecule has 0 saturated heterocycles. The van der Waals surface area contributed by atoms with Gasteiger partial charge in [-0.3, -0.25) is 4.79 Å². The summed E-state index contributed by atoms with van der Waals surface area (Å²) in [7, 11) is -1.79. The van der Waals surface area contributed by atoms with Crippen molar-refractivity contribution in [2.45, 2.75) is 33.6 Å². The Morgan fingerprint density at radius 1 is 0.700 bits per heavy atom. The molecule has 0 fully saturated rings. The molecule has 0 atom stereocenters. The van der Waals surface area contributed by atoms with E-state index in [2.05, 4.69) is 91.0 Å². The summed E-state index contributed by atoms with van der Waals surface area (Å²) in [4.78, 5) is 12.1. The molecule has 0 heterocycles. The van der Waals surface area contributed by atoms with Crippen molar-refractivity contribution in [1.82, 2.24) is 0 Å². The van der Waals surface area contributed by atoms with E-state index in [4.69, 9.17) is 4.74 Å². The predicted molar refractivity (Wildman–Crippen MR) is 130 cm³/mol. The van der Waals surface area contributed by atoms with E-state index in [0.29, 0.717) is 6.61 Å². The van der Waals surface area contributed by atoms with Gasteiger partial charge in [0.2, 0.25) is 0 Å². The predicted octanol–water partition coefficient (Wildman–Crippen LogP) is 5.35. The molecule has 0 aliphatic carbocycles. The number of hydrogen-bond donors (Lipinski definition) is 0. The standard InChI is InChI=1S/C27H32O2P/c1-27(2,3)26(28)29-21-13-14-22-30(23-15-7-4-8-16-23,24-17-9-5-10-18-24)25-19-11-6-12-20-25/h4-12,15-20H,13-14,21-22H2,1-3H3/q+1. The van der Waals surface area contributed by atoms with E-state index in [0.717, 1.165) is 19.0 Å². The van der Waals surface area contributed by atoms with Crippen molar-refractivity contribution in [3.63, 3.8) is 0 Å². The number of carbonyl (C=O) groups is 1. The number of ether oxygens (including phenoxy) is 1. The second kappa shape index (κ2) is 10.0. The molecule has 0 saturated carbocycles. The third kappa shape index (κ3) is 5.18. The molecule has 3 rings (SSSR count). The molecule has 0 N–H and O–H groups in total. The minimum absolute atomic E-state index is 0.127. The van der Waals surface area contributed by atoms with Crippen LogP contribution < -0.4 is 15.9 Å². The van der Waals surface area contributed by atoms with Crippen molar-refractivity contribution in [3.05, 3.63) is 91.0 Å². The molecule has 0 radical (unpaired) electrons. The lowest BCUT2D eigenvalue weighted by Gasteiger charge is -2.27. The molecule has 0 spiro atoms. The quantitative estimate of drug-likeness (QED) is 0.279. The van der Waals surface area contributed by atoms with Crippen LogP contribution in [0.5, 0.6) is 0 Å². The number of carbonyl (C=O) groups excluding carboxylic acids is 1. The summed E-state index contributed by atoms with van der Waals surface area (Å²) in [6.07, 6.45) is 2.93. The first-order valence-corrected chi connectivity index (χ1v) is 12.6. The zero-order valence-corrected chi connectivity index (χ0v) is 19.1. The normalized spacial score (nSPS) is 11.8. The van der Waals surface area contributed by atoms with Gasteiger partial charge in [0.05, 0.1) is 18.2 Å². The van der Waals surface area contributed by atoms with Gasteiger partial charge in [0.25, 0.3) is 0 Å². The van der Waals surface area contributed by atoms with Crippen LogP contribution in [0.15, 0.2) is 91.0 Å². The fourth-order valence-electron chi connectivity index (χ4n) is 3.71. The van der Waals surface area contributed by atoms with Crippen LogP contribution >= 0.6 is 7.26 Å². The number of hydrogen-bond acceptors (Lipinski definition) is 2. The highest BCUT2D eigenvalue weighted by atomic mass is 31.2. The average molecular weight is 420 g/mol. The fraction of sp³-hybridized carbons (Fsp3) is 0.296. The maximum atomic E-state index is 12.1. The van der Waals surface area contributed by atoms with Crippen LogP contribution in [0.25, 0.3) is 0 Å². The Morgan fingerprint density at radius 2 is 1.10 bits per heavy atom. The Kier molecular flexibility index (Phi) is 7.45. The average Bonchev–Trinajstić information content (AvgIpc) is 2.77. The summed E-state index contributed by atoms with van der Waals surface area (Å²) in [6.45, 7) is 6.17. The SMILES string of the molecule is CC(C)(C)C(=O)OCCCC[P+](c1ccccc1)(c1ccccc1)c1ccccc1. The fourth-order valence-corrected chi connectivity index (χ4v) is 8.12. The van der Waals surface area contributed by atoms with E-state index in [1.165, 1.54) is 15.9 Å². The van der Waals surface area contributed by atoms with E-state index < -0.39 is 12.7 Å². The summed E-state index contributed by atoms with van der Waals surface area (Å²) in [5.74, 6) is -0.127. The lowest BCUT2D eigenvalue weighted by atomic mass is 9.97. The second-order valence-electron chi connectivity index (χ2n) is 8.63. The van der Waals surface area contributed by atoms with Gasteiger partial charge in [-0.15, -0.1) is 0 Å². The Balaban J connectivity index is 1.89. The van der Waals surface area contributed by atoms with E-state index in [9.17, 15) is 4.79 Å². The first-order valence-electron chi connectivity index (χ1n) is 10.7. The van der Waals surface area contributed by atoms with Gasteiger partial charge in [0.15, 0.2) is 0 Å². The highest BCUT2D eigenvalue weighted by Crippen LogP contribution is 2.55. The molecule has 0 amide bonds. The molecule has 2 nitrogen and oxygen atoms in total. The van der Waals surface area contributed by atoms with Crippen LogP contribution in [0.2, 0.25) is 0 Å². The number of unbranched alkanes of at least 4 members (excludes halogenated alkanes) is 1. The van der Waals surface area contributed by atoms with Gasteiger partial charge in [0, 0.05) is 0 Å². The van der Waals surface area contributed by atoms with Crippen LogP contribution in [-0.2, 0) is 9.53 Å². The monoisotopic (exact) mass is 419 g/mol. The van der Waals surface area contributed by atoms with Gasteiger partial charge < -0.3 is 4.74 Å². The first-order chi connectivity index (χ1) is 14.4. The van der Waals surface area contributed by atoms with Crippen molar-refractivity contribution >= 4 is 29.1 Å². The maximum absolute atomic E-state index is 12.1. The van der Waals surface area contributed by atoms with Crippen LogP contribution in [0, 0.1) is 5.41 Å². The second-order valence-corrected chi connectivity index (χ2v) is 12.2. The zero-order chi connectivity index (χ0) is 21.5. The van der Waals surface area contributed by atoms with Crippen molar-refractivity contribution in [1.29, 1.82) is 0 Å². The summed E-state index contributed by atoms with van der Waals surface area (Å²) >= 11 is 0. The smallest absolute Gasteiger partial charge is 0.311 e. The summed E-state index contributed by atoms with van der Waals surface area (Å²) in [5, 5.41) is 4.19. The van der Waals surface area contributed by atoms with Gasteiger partial charge in [0.1, 0.15) is 23.2 Å². The largest absolute Gasteiger partial charge is 0.465 e. The van der Waals surface area contributed by atoms with E-state index >= 15 is 0 Å². The van der Waals surface area contributed by atoms with Gasteiger partial charge in [-0.25, -0.2) is 0 Å². The molecule has 30 heavy (non-hydrogen) atoms. The molecule has 0 aliphatic rings. The van der Waals surface area contributed by atoms with Gasteiger partial charge in [-0.2, -0.15) is 0 Å². The van der Waals surface area contributed by atoms with Crippen LogP contribution in [-0.4, -0.2) is 18.7 Å². The van der Waals surface area contributed by atoms with Crippen molar-refractivity contribution < 1.29 is 9.53 Å². The molecule has 3 aromatic rings. The molecular weight excluding hydrogens is 387 g/mol. The van der Waals surface area contributed by atoms with E-state index in [1.807, 2.05) is 20.8 Å². The summed E-state index contributed by atoms with van der Waals surface area (Å²) in [5.41, 5.74) is -0.450. The molecule has 0 bridgehead atoms. The van der Waals surface area contributed by atoms with Crippen LogP contribution in [0.4, 0.5) is 0 Å². The van der Waals surface area contributed by atoms with Crippen molar-refractivity contribution in [2.75, 3.05) is 12.8 Å². The number of benzene rings is 3. The minimum Gasteiger partial charge on any atom is -0.465 e. The Bertz CT molecular complexity index is 819. The highest BCUT2D eigenvalue weighted by Gasteiger charge is 2.44. The molecule has 0 aromatic heterocycles. The van der Waals surface area contributed by atoms with Crippen LogP contribution in [0.1, 0.15) is 33.6 Å². The first kappa shape index (κ1) is 22.2. The van der Waals surface area contributed by atoms with E-state index in [-0.39, 0.29) is 5.97 Å². The number of esters is 1. The lowest BCUT2D eigenvalue weighted by Crippen LogP contribution is -2.33. The Hall–Kier alpha value is -2.44. The molecule has 3 aromatic carbocycles. The Morgan fingerprint density at radius 3 is 1.47 bits per heavy atom. The van der Waals surface area contributed by atoms with Crippen molar-refractivity contribution in [2.24, 2.45) is 5.41 Å². The molecule has 3 heteroatoms. The summed E-state index contributed by atoms with van der Waals surface area (Å²) in [6, 6.07) is 32.7. The molecule has 156 valence electrons. The zero-order valence-electron chi connectivity index (χ0n) is 18.3. The Labute approximate surface area is 181 Å². The summed E-state index contributed by atoms with van der Waals surface area (Å²) < 4.78 is 5.51. The van der Waals surface area contributed by atoms with Crippen LogP contribution in [0.3, 0.4) is 0 Å². The van der Waals surface area contributed by atoms with Crippen molar-refractivity contribution in [3.8, 4) is 0 Å². The van der Waals surface area contributed by atoms with E-state index in [1.54, 1.807) is 0 Å². The third-order valence-corrected chi connectivity index (χ3v) is 9.85. The van der Waals surface area contributed by atoms with Gasteiger partial charge in [-0.1, -0.05) is 54.6 Å². The maximum Gasteiger partial charge on any atom is 0.311 e. The minimum atomic E-state index is -1.79. The molecule has 0 aliphatic heterocycles. The topological polar surface area (TPSA) is 26.3 Å².